The Morgan fingerprint density at radius 1 is 0.900 bits per heavy atom. The highest BCUT2D eigenvalue weighted by Crippen LogP contribution is 2.37. The van der Waals surface area contributed by atoms with Gasteiger partial charge in [0.1, 0.15) is 0 Å². The Morgan fingerprint density at radius 2 is 1.60 bits per heavy atom. The van der Waals surface area contributed by atoms with Crippen LogP contribution in [0.2, 0.25) is 0 Å². The number of aromatic nitrogens is 1. The van der Waals surface area contributed by atoms with Crippen LogP contribution >= 0.6 is 0 Å². The van der Waals surface area contributed by atoms with Gasteiger partial charge in [-0.15, -0.1) is 0 Å². The minimum Gasteiger partial charge on any atom is -0.337 e. The zero-order valence-electron chi connectivity index (χ0n) is 24.1. The van der Waals surface area contributed by atoms with Crippen molar-refractivity contribution in [2.75, 3.05) is 26.2 Å². The Kier molecular flexibility index (Phi) is 8.38. The van der Waals surface area contributed by atoms with Crippen molar-refractivity contribution in [1.29, 1.82) is 0 Å². The zero-order chi connectivity index (χ0) is 27.5. The van der Waals surface area contributed by atoms with E-state index in [-0.39, 0.29) is 23.3 Å². The molecule has 1 unspecified atom stereocenters. The Labute approximate surface area is 239 Å². The quantitative estimate of drug-likeness (QED) is 0.318. The number of pyridine rings is 1. The van der Waals surface area contributed by atoms with Gasteiger partial charge < -0.3 is 14.4 Å². The highest BCUT2D eigenvalue weighted by Gasteiger charge is 2.34. The van der Waals surface area contributed by atoms with Gasteiger partial charge in [-0.3, -0.25) is 9.59 Å². The predicted molar refractivity (Wildman–Crippen MR) is 162 cm³/mol. The topological polar surface area (TPSA) is 45.6 Å². The molecule has 0 N–H and O–H groups in total. The van der Waals surface area contributed by atoms with Crippen LogP contribution in [-0.4, -0.2) is 46.5 Å². The van der Waals surface area contributed by atoms with E-state index in [0.29, 0.717) is 19.0 Å². The van der Waals surface area contributed by atoms with Crippen molar-refractivity contribution in [2.24, 2.45) is 24.8 Å². The standard InChI is InChI=1S/C35H45N3O2/c1-36-33-15-9-8-14-30(33)22-31(34(36)39)24-38(35(40)29-12-6-3-7-13-29)25-32(27-10-4-2-5-11-27)28-18-20-37(21-19-28)23-26-16-17-26/h2,4-5,8-11,14-15,22,26,28-29,32H,3,6-7,12-13,16-21,23-25H2,1H3. The Morgan fingerprint density at radius 3 is 2.33 bits per heavy atom. The number of nitrogens with zero attached hydrogens (tertiary/aromatic N) is 3. The first kappa shape index (κ1) is 27.3. The van der Waals surface area contributed by atoms with Gasteiger partial charge in [-0.2, -0.15) is 0 Å². The smallest absolute Gasteiger partial charge is 0.255 e. The second-order valence-electron chi connectivity index (χ2n) is 12.7. The molecular weight excluding hydrogens is 494 g/mol. The number of piperidine rings is 1. The summed E-state index contributed by atoms with van der Waals surface area (Å²) in [7, 11) is 1.85. The minimum absolute atomic E-state index is 0.00443. The molecule has 2 aliphatic carbocycles. The number of hydrogen-bond donors (Lipinski definition) is 0. The summed E-state index contributed by atoms with van der Waals surface area (Å²) < 4.78 is 1.75. The van der Waals surface area contributed by atoms with Gasteiger partial charge in [0.25, 0.3) is 5.56 Å². The monoisotopic (exact) mass is 539 g/mol. The third kappa shape index (κ3) is 6.20. The third-order valence-electron chi connectivity index (χ3n) is 9.89. The van der Waals surface area contributed by atoms with Gasteiger partial charge >= 0.3 is 0 Å². The Bertz CT molecular complexity index is 1350. The summed E-state index contributed by atoms with van der Waals surface area (Å²) in [5.74, 6) is 2.08. The summed E-state index contributed by atoms with van der Waals surface area (Å²) in [6.07, 6.45) is 10.6. The molecule has 2 aromatic carbocycles. The number of fused-ring (bicyclic) bond motifs is 1. The molecular formula is C35H45N3O2. The van der Waals surface area contributed by atoms with Gasteiger partial charge in [0.2, 0.25) is 5.91 Å². The maximum absolute atomic E-state index is 14.2. The first-order valence-electron chi connectivity index (χ1n) is 15.7. The normalized spacial score (nSPS) is 20.0. The molecule has 212 valence electrons. The molecule has 0 radical (unpaired) electrons. The number of para-hydroxylation sites is 1. The molecule has 1 atom stereocenters. The summed E-state index contributed by atoms with van der Waals surface area (Å²) in [4.78, 5) is 32.5. The van der Waals surface area contributed by atoms with Gasteiger partial charge in [0, 0.05) is 37.5 Å². The lowest BCUT2D eigenvalue weighted by Gasteiger charge is -2.39. The van der Waals surface area contributed by atoms with Gasteiger partial charge in [-0.1, -0.05) is 67.8 Å². The molecule has 1 aromatic heterocycles. The first-order valence-corrected chi connectivity index (χ1v) is 15.7. The van der Waals surface area contributed by atoms with E-state index in [9.17, 15) is 9.59 Å². The summed E-state index contributed by atoms with van der Waals surface area (Å²) in [6, 6.07) is 20.9. The van der Waals surface area contributed by atoms with E-state index < -0.39 is 0 Å². The number of amides is 1. The molecule has 5 nitrogen and oxygen atoms in total. The molecule has 0 bridgehead atoms. The number of carbonyl (C=O) groups excluding carboxylic acids is 1. The Hall–Kier alpha value is -2.92. The lowest BCUT2D eigenvalue weighted by atomic mass is 9.79. The zero-order valence-corrected chi connectivity index (χ0v) is 24.1. The van der Waals surface area contributed by atoms with Crippen molar-refractivity contribution in [3.05, 3.63) is 82.1 Å². The van der Waals surface area contributed by atoms with E-state index in [4.69, 9.17) is 0 Å². The minimum atomic E-state index is 0.00443. The maximum atomic E-state index is 14.2. The van der Waals surface area contributed by atoms with Crippen molar-refractivity contribution < 1.29 is 4.79 Å². The molecule has 1 amide bonds. The van der Waals surface area contributed by atoms with Gasteiger partial charge in [0.05, 0.1) is 12.1 Å². The SMILES string of the molecule is Cn1c(=O)c(CN(CC(c2ccccc2)C2CCN(CC3CC3)CC2)C(=O)C2CCCCC2)cc2ccccc21. The van der Waals surface area contributed by atoms with Crippen LogP contribution < -0.4 is 5.56 Å². The highest BCUT2D eigenvalue weighted by atomic mass is 16.2. The second-order valence-corrected chi connectivity index (χ2v) is 12.7. The fourth-order valence-corrected chi connectivity index (χ4v) is 7.32. The largest absolute Gasteiger partial charge is 0.337 e. The van der Waals surface area contributed by atoms with E-state index in [0.717, 1.165) is 61.2 Å². The van der Waals surface area contributed by atoms with Crippen LogP contribution in [0.25, 0.3) is 10.9 Å². The molecule has 2 saturated carbocycles. The second kappa shape index (κ2) is 12.3. The van der Waals surface area contributed by atoms with Crippen LogP contribution in [0.4, 0.5) is 0 Å². The summed E-state index contributed by atoms with van der Waals surface area (Å²) in [5.41, 5.74) is 2.98. The van der Waals surface area contributed by atoms with Crippen molar-refractivity contribution in [3.63, 3.8) is 0 Å². The first-order chi connectivity index (χ1) is 19.6. The fraction of sp³-hybridized carbons (Fsp3) is 0.543. The number of rotatable bonds is 9. The van der Waals surface area contributed by atoms with E-state index in [2.05, 4.69) is 46.2 Å². The van der Waals surface area contributed by atoms with Crippen LogP contribution in [0.15, 0.2) is 65.5 Å². The summed E-state index contributed by atoms with van der Waals surface area (Å²) >= 11 is 0. The van der Waals surface area contributed by atoms with Gasteiger partial charge in [-0.25, -0.2) is 0 Å². The number of hydrogen-bond acceptors (Lipinski definition) is 3. The molecule has 2 heterocycles. The molecule has 1 aliphatic heterocycles. The van der Waals surface area contributed by atoms with E-state index >= 15 is 0 Å². The van der Waals surface area contributed by atoms with Crippen LogP contribution in [-0.2, 0) is 18.4 Å². The van der Waals surface area contributed by atoms with Crippen LogP contribution in [0.3, 0.4) is 0 Å². The van der Waals surface area contributed by atoms with Gasteiger partial charge in [0.15, 0.2) is 0 Å². The maximum Gasteiger partial charge on any atom is 0.255 e. The van der Waals surface area contributed by atoms with E-state index in [1.807, 2.05) is 31.3 Å². The van der Waals surface area contributed by atoms with Crippen molar-refractivity contribution in [2.45, 2.75) is 70.3 Å². The molecule has 3 aliphatic rings. The van der Waals surface area contributed by atoms with Crippen molar-refractivity contribution in [3.8, 4) is 0 Å². The van der Waals surface area contributed by atoms with Crippen molar-refractivity contribution in [1.82, 2.24) is 14.4 Å². The molecule has 0 spiro atoms. The molecule has 40 heavy (non-hydrogen) atoms. The molecule has 3 fully saturated rings. The third-order valence-corrected chi connectivity index (χ3v) is 9.89. The summed E-state index contributed by atoms with van der Waals surface area (Å²) in [5, 5.41) is 1.05. The fourth-order valence-electron chi connectivity index (χ4n) is 7.32. The number of aryl methyl sites for hydroxylation is 1. The predicted octanol–water partition coefficient (Wildman–Crippen LogP) is 6.35. The summed E-state index contributed by atoms with van der Waals surface area (Å²) in [6.45, 7) is 4.65. The lowest BCUT2D eigenvalue weighted by molar-refractivity contribution is -0.137. The molecule has 6 rings (SSSR count). The number of likely N-dealkylation sites (tertiary alicyclic amines) is 1. The molecule has 5 heteroatoms. The highest BCUT2D eigenvalue weighted by molar-refractivity contribution is 5.81. The average Bonchev–Trinajstić information content (AvgIpc) is 3.83. The molecule has 1 saturated heterocycles. The van der Waals surface area contributed by atoms with E-state index in [1.165, 1.54) is 44.2 Å². The van der Waals surface area contributed by atoms with E-state index in [1.54, 1.807) is 4.57 Å². The van der Waals surface area contributed by atoms with Crippen LogP contribution in [0.1, 0.15) is 74.8 Å². The number of carbonyl (C=O) groups is 1. The number of benzene rings is 2. The Balaban J connectivity index is 1.30. The lowest BCUT2D eigenvalue weighted by Crippen LogP contribution is -2.43. The van der Waals surface area contributed by atoms with Crippen molar-refractivity contribution >= 4 is 16.8 Å². The van der Waals surface area contributed by atoms with Crippen LogP contribution in [0.5, 0.6) is 0 Å². The van der Waals surface area contributed by atoms with Gasteiger partial charge in [-0.05, 0) is 86.5 Å². The average molecular weight is 540 g/mol. The molecule has 3 aromatic rings. The van der Waals surface area contributed by atoms with Crippen LogP contribution in [0, 0.1) is 17.8 Å².